The van der Waals surface area contributed by atoms with Gasteiger partial charge in [0.1, 0.15) is 5.15 Å². The summed E-state index contributed by atoms with van der Waals surface area (Å²) in [5.74, 6) is 0.599. The number of nitrogens with one attached hydrogen (secondary N) is 1. The van der Waals surface area contributed by atoms with Crippen LogP contribution in [0.4, 0.5) is 0 Å². The van der Waals surface area contributed by atoms with Crippen molar-refractivity contribution in [1.82, 2.24) is 34.7 Å². The van der Waals surface area contributed by atoms with E-state index in [1.54, 1.807) is 9.13 Å². The topological polar surface area (TPSA) is 94.3 Å². The Balaban J connectivity index is 1.66. The molecule has 4 aromatic rings. The van der Waals surface area contributed by atoms with Crippen LogP contribution >= 0.6 is 11.6 Å². The number of imidazole rings is 1. The first-order valence-electron chi connectivity index (χ1n) is 10.4. The van der Waals surface area contributed by atoms with Crippen LogP contribution in [0, 0.1) is 0 Å². The van der Waals surface area contributed by atoms with Crippen LogP contribution in [0.15, 0.2) is 47.4 Å². The van der Waals surface area contributed by atoms with Gasteiger partial charge in [-0.15, -0.1) is 5.10 Å². The summed E-state index contributed by atoms with van der Waals surface area (Å²) >= 11 is 6.53. The summed E-state index contributed by atoms with van der Waals surface area (Å²) in [5.41, 5.74) is 4.40. The van der Waals surface area contributed by atoms with Gasteiger partial charge in [0.2, 0.25) is 0 Å². The normalized spacial score (nSPS) is 11.2. The monoisotopic (exact) mass is 437 g/mol. The average molecular weight is 438 g/mol. The molecule has 0 aliphatic heterocycles. The molecule has 1 aromatic carbocycles. The van der Waals surface area contributed by atoms with Gasteiger partial charge in [-0.2, -0.15) is 0 Å². The highest BCUT2D eigenvalue weighted by atomic mass is 35.5. The van der Waals surface area contributed by atoms with Crippen LogP contribution in [0.25, 0.3) is 22.5 Å². The molecule has 160 valence electrons. The van der Waals surface area contributed by atoms with Crippen LogP contribution in [0.3, 0.4) is 0 Å². The molecular weight excluding hydrogens is 414 g/mol. The molecule has 3 aromatic heterocycles. The summed E-state index contributed by atoms with van der Waals surface area (Å²) in [6.07, 6.45) is 4.33. The molecule has 8 nitrogen and oxygen atoms in total. The lowest BCUT2D eigenvalue weighted by atomic mass is 10.0. The zero-order chi connectivity index (χ0) is 21.8. The molecular formula is C22H24ClN7O. The highest BCUT2D eigenvalue weighted by molar-refractivity contribution is 6.30. The van der Waals surface area contributed by atoms with E-state index in [2.05, 4.69) is 32.5 Å². The third kappa shape index (κ3) is 4.16. The van der Waals surface area contributed by atoms with Crippen LogP contribution in [0.1, 0.15) is 38.1 Å². The van der Waals surface area contributed by atoms with Gasteiger partial charge in [-0.25, -0.2) is 9.89 Å². The third-order valence-corrected chi connectivity index (χ3v) is 5.60. The summed E-state index contributed by atoms with van der Waals surface area (Å²) in [5, 5.41) is 14.7. The van der Waals surface area contributed by atoms with Crippen LogP contribution in [-0.2, 0) is 19.5 Å². The second-order valence-corrected chi connectivity index (χ2v) is 7.70. The third-order valence-electron chi connectivity index (χ3n) is 5.18. The van der Waals surface area contributed by atoms with E-state index in [0.717, 1.165) is 47.3 Å². The first kappa shape index (κ1) is 21.0. The van der Waals surface area contributed by atoms with Crippen molar-refractivity contribution in [2.75, 3.05) is 0 Å². The lowest BCUT2D eigenvalue weighted by Crippen LogP contribution is -2.26. The lowest BCUT2D eigenvalue weighted by molar-refractivity contribution is 0.615. The zero-order valence-corrected chi connectivity index (χ0v) is 18.3. The van der Waals surface area contributed by atoms with Crippen LogP contribution in [0.2, 0.25) is 5.15 Å². The largest absolute Gasteiger partial charge is 0.329 e. The minimum absolute atomic E-state index is 0.0793. The van der Waals surface area contributed by atoms with Crippen LogP contribution in [-0.4, -0.2) is 34.7 Å². The molecule has 0 saturated carbocycles. The molecule has 0 amide bonds. The Bertz CT molecular complexity index is 1210. The Kier molecular flexibility index (Phi) is 6.27. The van der Waals surface area contributed by atoms with E-state index >= 15 is 0 Å². The molecule has 1 N–H and O–H groups in total. The highest BCUT2D eigenvalue weighted by Gasteiger charge is 2.18. The second-order valence-electron chi connectivity index (χ2n) is 7.34. The molecule has 4 rings (SSSR count). The van der Waals surface area contributed by atoms with E-state index in [4.69, 9.17) is 11.6 Å². The van der Waals surface area contributed by atoms with Crippen LogP contribution < -0.4 is 5.69 Å². The number of hydrogen-bond donors (Lipinski definition) is 1. The van der Waals surface area contributed by atoms with Crippen molar-refractivity contribution < 1.29 is 0 Å². The van der Waals surface area contributed by atoms with Crippen molar-refractivity contribution in [3.8, 4) is 22.5 Å². The van der Waals surface area contributed by atoms with Gasteiger partial charge in [0.15, 0.2) is 5.82 Å². The summed E-state index contributed by atoms with van der Waals surface area (Å²) in [4.78, 5) is 17.6. The molecule has 3 heterocycles. The highest BCUT2D eigenvalue weighted by Crippen LogP contribution is 2.29. The van der Waals surface area contributed by atoms with E-state index in [-0.39, 0.29) is 5.69 Å². The number of aromatic amines is 1. The maximum Gasteiger partial charge on any atom is 0.329 e. The molecule has 31 heavy (non-hydrogen) atoms. The minimum Gasteiger partial charge on any atom is -0.289 e. The summed E-state index contributed by atoms with van der Waals surface area (Å²) in [6.45, 7) is 5.11. The SMILES string of the molecule is CCCc1c(Cl)n(CCC)c(=O)n1Cc1ccc(-c2ccccc2-c2nnn[nH]2)cn1. The number of halogens is 1. The molecule has 0 radical (unpaired) electrons. The van der Waals surface area contributed by atoms with Gasteiger partial charge in [0.05, 0.1) is 17.9 Å². The number of aromatic nitrogens is 7. The Morgan fingerprint density at radius 3 is 2.48 bits per heavy atom. The predicted molar refractivity (Wildman–Crippen MR) is 120 cm³/mol. The number of tetrazole rings is 1. The Morgan fingerprint density at radius 2 is 1.84 bits per heavy atom. The van der Waals surface area contributed by atoms with E-state index in [1.165, 1.54) is 0 Å². The lowest BCUT2D eigenvalue weighted by Gasteiger charge is -2.09. The first-order chi connectivity index (χ1) is 15.1. The maximum absolute atomic E-state index is 12.9. The summed E-state index contributed by atoms with van der Waals surface area (Å²) in [6, 6.07) is 11.8. The van der Waals surface area contributed by atoms with Crippen LogP contribution in [0.5, 0.6) is 0 Å². The van der Waals surface area contributed by atoms with Gasteiger partial charge >= 0.3 is 5.69 Å². The van der Waals surface area contributed by atoms with E-state index in [0.29, 0.717) is 24.1 Å². The number of rotatable bonds is 8. The first-order valence-corrected chi connectivity index (χ1v) is 10.8. The molecule has 0 unspecified atom stereocenters. The fourth-order valence-corrected chi connectivity index (χ4v) is 4.07. The van der Waals surface area contributed by atoms with E-state index in [9.17, 15) is 4.79 Å². The van der Waals surface area contributed by atoms with Crippen molar-refractivity contribution in [2.45, 2.75) is 46.2 Å². The summed E-state index contributed by atoms with van der Waals surface area (Å²) in [7, 11) is 0. The minimum atomic E-state index is -0.0793. The number of H-pyrrole nitrogens is 1. The van der Waals surface area contributed by atoms with Gasteiger partial charge in [0, 0.05) is 23.9 Å². The van der Waals surface area contributed by atoms with Gasteiger partial charge in [-0.3, -0.25) is 14.1 Å². The van der Waals surface area contributed by atoms with Crippen molar-refractivity contribution in [3.05, 3.63) is 69.6 Å². The van der Waals surface area contributed by atoms with Gasteiger partial charge in [-0.1, -0.05) is 62.2 Å². The van der Waals surface area contributed by atoms with Gasteiger partial charge in [-0.05, 0) is 34.9 Å². The van der Waals surface area contributed by atoms with E-state index in [1.807, 2.05) is 49.5 Å². The zero-order valence-electron chi connectivity index (χ0n) is 17.5. The molecule has 0 bridgehead atoms. The van der Waals surface area contributed by atoms with Crippen molar-refractivity contribution in [3.63, 3.8) is 0 Å². The Labute approximate surface area is 184 Å². The molecule has 0 atom stereocenters. The molecule has 0 fully saturated rings. The average Bonchev–Trinajstić information content (AvgIpc) is 3.40. The van der Waals surface area contributed by atoms with Gasteiger partial charge < -0.3 is 0 Å². The smallest absolute Gasteiger partial charge is 0.289 e. The number of pyridine rings is 1. The summed E-state index contributed by atoms with van der Waals surface area (Å²) < 4.78 is 3.40. The Hall–Kier alpha value is -3.26. The van der Waals surface area contributed by atoms with Crippen molar-refractivity contribution >= 4 is 11.6 Å². The van der Waals surface area contributed by atoms with E-state index < -0.39 is 0 Å². The number of nitrogens with zero attached hydrogens (tertiary/aromatic N) is 6. The molecule has 9 heteroatoms. The Morgan fingerprint density at radius 1 is 1.03 bits per heavy atom. The molecule has 0 aliphatic rings. The molecule has 0 aliphatic carbocycles. The van der Waals surface area contributed by atoms with Crippen molar-refractivity contribution in [1.29, 1.82) is 0 Å². The maximum atomic E-state index is 12.9. The number of benzene rings is 1. The standard InChI is InChI=1S/C22H24ClN7O/c1-3-7-19-20(23)29(12-4-2)22(31)30(19)14-16-11-10-15(13-24-16)17-8-5-6-9-18(17)21-25-27-28-26-21/h5-6,8-11,13H,3-4,7,12,14H2,1-2H3,(H,25,26,27,28). The quantitative estimate of drug-likeness (QED) is 0.450. The number of hydrogen-bond acceptors (Lipinski definition) is 5. The fraction of sp³-hybridized carbons (Fsp3) is 0.318. The predicted octanol–water partition coefficient (Wildman–Crippen LogP) is 3.96. The molecule has 0 spiro atoms. The molecule has 0 saturated heterocycles. The second kappa shape index (κ2) is 9.26. The van der Waals surface area contributed by atoms with Gasteiger partial charge in [0.25, 0.3) is 0 Å². The fourth-order valence-electron chi connectivity index (χ4n) is 3.72. The van der Waals surface area contributed by atoms with Crippen molar-refractivity contribution in [2.24, 2.45) is 0 Å².